The molecule has 4 heteroatoms. The van der Waals surface area contributed by atoms with Gasteiger partial charge in [0.2, 0.25) is 0 Å². The summed E-state index contributed by atoms with van der Waals surface area (Å²) in [7, 11) is 2.21. The minimum absolute atomic E-state index is 0.435. The maximum absolute atomic E-state index is 9.73. The minimum Gasteiger partial charge on any atom is -0.389 e. The van der Waals surface area contributed by atoms with E-state index >= 15 is 0 Å². The van der Waals surface area contributed by atoms with Gasteiger partial charge in [-0.15, -0.1) is 0 Å². The molecule has 2 atom stereocenters. The molecule has 1 fully saturated rings. The van der Waals surface area contributed by atoms with Crippen molar-refractivity contribution >= 4 is 21.6 Å². The lowest BCUT2D eigenvalue weighted by molar-refractivity contribution is 0.198. The van der Waals surface area contributed by atoms with Gasteiger partial charge in [-0.3, -0.25) is 0 Å². The van der Waals surface area contributed by atoms with Gasteiger partial charge in [-0.2, -0.15) is 0 Å². The van der Waals surface area contributed by atoms with Crippen LogP contribution in [0.4, 0.5) is 5.69 Å². The summed E-state index contributed by atoms with van der Waals surface area (Å²) in [6.45, 7) is 7.45. The molecule has 1 N–H and O–H groups in total. The molecule has 3 nitrogen and oxygen atoms in total. The number of rotatable bonds is 3. The van der Waals surface area contributed by atoms with E-state index in [4.69, 9.17) is 0 Å². The van der Waals surface area contributed by atoms with Crippen LogP contribution in [0.15, 0.2) is 22.7 Å². The molecule has 0 aromatic heterocycles. The van der Waals surface area contributed by atoms with E-state index in [-0.39, 0.29) is 0 Å². The van der Waals surface area contributed by atoms with Crippen molar-refractivity contribution in [1.82, 2.24) is 4.90 Å². The molecule has 20 heavy (non-hydrogen) atoms. The number of hydrogen-bond donors (Lipinski definition) is 1. The topological polar surface area (TPSA) is 26.7 Å². The first-order valence-electron chi connectivity index (χ1n) is 7.45. The van der Waals surface area contributed by atoms with E-state index in [9.17, 15) is 5.11 Å². The van der Waals surface area contributed by atoms with Gasteiger partial charge in [0.25, 0.3) is 0 Å². The third-order valence-electron chi connectivity index (χ3n) is 4.14. The van der Waals surface area contributed by atoms with Crippen LogP contribution in [-0.4, -0.2) is 42.7 Å². The molecule has 1 aliphatic heterocycles. The molecule has 1 aromatic rings. The second-order valence-corrected chi connectivity index (χ2v) is 6.61. The van der Waals surface area contributed by atoms with Gasteiger partial charge in [-0.1, -0.05) is 28.9 Å². The lowest BCUT2D eigenvalue weighted by Gasteiger charge is -2.32. The highest BCUT2D eigenvalue weighted by atomic mass is 79.9. The normalized spacial score (nSPS) is 22.6. The average Bonchev–Trinajstić information content (AvgIpc) is 2.59. The highest BCUT2D eigenvalue weighted by molar-refractivity contribution is 9.10. The summed E-state index contributed by atoms with van der Waals surface area (Å²) < 4.78 is 0.998. The van der Waals surface area contributed by atoms with Gasteiger partial charge in [-0.25, -0.2) is 0 Å². The fourth-order valence-electron chi connectivity index (χ4n) is 2.97. The lowest BCUT2D eigenvalue weighted by Crippen LogP contribution is -2.39. The number of aliphatic hydroxyl groups excluding tert-OH is 1. The number of aliphatic hydroxyl groups is 1. The van der Waals surface area contributed by atoms with Crippen molar-refractivity contribution < 1.29 is 5.11 Å². The third-order valence-corrected chi connectivity index (χ3v) is 4.83. The summed E-state index contributed by atoms with van der Waals surface area (Å²) in [6, 6.07) is 6.88. The summed E-state index contributed by atoms with van der Waals surface area (Å²) in [5, 5.41) is 9.73. The van der Waals surface area contributed by atoms with Crippen LogP contribution in [0.5, 0.6) is 0 Å². The Kier molecular flexibility index (Phi) is 5.47. The molecule has 0 spiro atoms. The van der Waals surface area contributed by atoms with Crippen LogP contribution in [0.1, 0.15) is 38.4 Å². The highest BCUT2D eigenvalue weighted by Gasteiger charge is 2.22. The quantitative estimate of drug-likeness (QED) is 0.913. The van der Waals surface area contributed by atoms with E-state index in [1.807, 2.05) is 6.07 Å². The Morgan fingerprint density at radius 3 is 2.75 bits per heavy atom. The van der Waals surface area contributed by atoms with E-state index in [1.165, 1.54) is 18.7 Å². The van der Waals surface area contributed by atoms with Crippen molar-refractivity contribution in [3.63, 3.8) is 0 Å². The first-order valence-corrected chi connectivity index (χ1v) is 8.25. The van der Waals surface area contributed by atoms with Gasteiger partial charge in [-0.05, 0) is 51.1 Å². The first kappa shape index (κ1) is 15.8. The standard InChI is InChI=1S/C16H25BrN2O/c1-4-13-11-18(3)8-5-9-19(13)14-6-7-15(12(2)20)16(17)10-14/h6-7,10,12-13,20H,4-5,8-9,11H2,1-3H3/t12-,13?/m1/s1. The van der Waals surface area contributed by atoms with Crippen molar-refractivity contribution in [3.8, 4) is 0 Å². The maximum atomic E-state index is 9.73. The molecule has 2 rings (SSSR count). The van der Waals surface area contributed by atoms with Crippen molar-refractivity contribution in [2.24, 2.45) is 0 Å². The first-order chi connectivity index (χ1) is 9.52. The summed E-state index contributed by atoms with van der Waals surface area (Å²) in [5.41, 5.74) is 2.21. The zero-order chi connectivity index (χ0) is 14.7. The molecule has 0 saturated carbocycles. The molecule has 0 aliphatic carbocycles. The largest absolute Gasteiger partial charge is 0.389 e. The molecule has 1 aromatic carbocycles. The molecule has 1 saturated heterocycles. The van der Waals surface area contributed by atoms with Crippen molar-refractivity contribution in [2.75, 3.05) is 31.6 Å². The van der Waals surface area contributed by atoms with Crippen LogP contribution >= 0.6 is 15.9 Å². The summed E-state index contributed by atoms with van der Waals surface area (Å²) in [6.07, 6.45) is 1.92. The molecular formula is C16H25BrN2O. The van der Waals surface area contributed by atoms with Crippen molar-refractivity contribution in [2.45, 2.75) is 38.8 Å². The Hall–Kier alpha value is -0.580. The van der Waals surface area contributed by atoms with Gasteiger partial charge in [0.15, 0.2) is 0 Å². The number of anilines is 1. The second-order valence-electron chi connectivity index (χ2n) is 5.75. The molecular weight excluding hydrogens is 316 g/mol. The van der Waals surface area contributed by atoms with Gasteiger partial charge < -0.3 is 14.9 Å². The maximum Gasteiger partial charge on any atom is 0.0772 e. The van der Waals surface area contributed by atoms with Crippen LogP contribution in [0.25, 0.3) is 0 Å². The zero-order valence-corrected chi connectivity index (χ0v) is 14.2. The molecule has 1 heterocycles. The number of likely N-dealkylation sites (N-methyl/N-ethyl adjacent to an activating group) is 1. The van der Waals surface area contributed by atoms with Crippen LogP contribution in [0.2, 0.25) is 0 Å². The van der Waals surface area contributed by atoms with Crippen LogP contribution in [0, 0.1) is 0 Å². The number of halogens is 1. The summed E-state index contributed by atoms with van der Waals surface area (Å²) in [4.78, 5) is 4.94. The Labute approximate surface area is 130 Å². The molecule has 1 unspecified atom stereocenters. The van der Waals surface area contributed by atoms with E-state index in [1.54, 1.807) is 6.92 Å². The zero-order valence-electron chi connectivity index (χ0n) is 12.6. The van der Waals surface area contributed by atoms with Crippen LogP contribution in [0.3, 0.4) is 0 Å². The number of nitrogens with zero attached hydrogens (tertiary/aromatic N) is 2. The molecule has 1 aliphatic rings. The van der Waals surface area contributed by atoms with Gasteiger partial charge in [0, 0.05) is 29.3 Å². The molecule has 0 bridgehead atoms. The van der Waals surface area contributed by atoms with Gasteiger partial charge in [0.05, 0.1) is 6.10 Å². The summed E-state index contributed by atoms with van der Waals surface area (Å²) >= 11 is 3.59. The van der Waals surface area contributed by atoms with Gasteiger partial charge in [0.1, 0.15) is 0 Å². The molecule has 0 radical (unpaired) electrons. The molecule has 0 amide bonds. The van der Waals surface area contributed by atoms with E-state index in [0.717, 1.165) is 29.5 Å². The second kappa shape index (κ2) is 6.92. The average molecular weight is 341 g/mol. The Bertz CT molecular complexity index is 450. The molecule has 112 valence electrons. The highest BCUT2D eigenvalue weighted by Crippen LogP contribution is 2.30. The fourth-order valence-corrected chi connectivity index (χ4v) is 3.66. The predicted molar refractivity (Wildman–Crippen MR) is 88.3 cm³/mol. The van der Waals surface area contributed by atoms with E-state index in [2.05, 4.69) is 51.8 Å². The number of benzene rings is 1. The Morgan fingerprint density at radius 1 is 1.40 bits per heavy atom. The van der Waals surface area contributed by atoms with E-state index in [0.29, 0.717) is 6.04 Å². The van der Waals surface area contributed by atoms with Gasteiger partial charge >= 0.3 is 0 Å². The van der Waals surface area contributed by atoms with Crippen molar-refractivity contribution in [1.29, 1.82) is 0 Å². The summed E-state index contributed by atoms with van der Waals surface area (Å²) in [5.74, 6) is 0. The van der Waals surface area contributed by atoms with Crippen LogP contribution < -0.4 is 4.90 Å². The number of hydrogen-bond acceptors (Lipinski definition) is 3. The third kappa shape index (κ3) is 3.54. The SMILES string of the molecule is CCC1CN(C)CCCN1c1ccc([C@@H](C)O)c(Br)c1. The fraction of sp³-hybridized carbons (Fsp3) is 0.625. The van der Waals surface area contributed by atoms with E-state index < -0.39 is 6.10 Å². The smallest absolute Gasteiger partial charge is 0.0772 e. The lowest BCUT2D eigenvalue weighted by atomic mass is 10.1. The van der Waals surface area contributed by atoms with Crippen LogP contribution in [-0.2, 0) is 0 Å². The predicted octanol–water partition coefficient (Wildman–Crippen LogP) is 3.42. The monoisotopic (exact) mass is 340 g/mol. The Morgan fingerprint density at radius 2 is 2.15 bits per heavy atom. The Balaban J connectivity index is 2.26. The minimum atomic E-state index is -0.435. The van der Waals surface area contributed by atoms with Crippen molar-refractivity contribution in [3.05, 3.63) is 28.2 Å².